The maximum absolute atomic E-state index is 14.8. The van der Waals surface area contributed by atoms with E-state index in [-0.39, 0.29) is 22.5 Å². The molecule has 3 aromatic rings. The smallest absolute Gasteiger partial charge is 0.278 e. The Morgan fingerprint density at radius 1 is 1.15 bits per heavy atom. The highest BCUT2D eigenvalue weighted by Gasteiger charge is 2.43. The van der Waals surface area contributed by atoms with Crippen molar-refractivity contribution in [1.82, 2.24) is 9.88 Å². The number of nitrogens with zero attached hydrogens (tertiary/aromatic N) is 3. The molecule has 0 aliphatic carbocycles. The molecule has 0 N–H and O–H groups in total. The first-order valence-electron chi connectivity index (χ1n) is 13.9. The van der Waals surface area contributed by atoms with Gasteiger partial charge >= 0.3 is 0 Å². The van der Waals surface area contributed by atoms with Crippen molar-refractivity contribution in [2.24, 2.45) is 0 Å². The van der Waals surface area contributed by atoms with Crippen molar-refractivity contribution in [2.75, 3.05) is 18.8 Å². The topological polar surface area (TPSA) is 92.5 Å². The first-order valence-corrected chi connectivity index (χ1v) is 16.0. The zero-order valence-electron chi connectivity index (χ0n) is 22.8. The molecule has 0 radical (unpaired) electrons. The van der Waals surface area contributed by atoms with E-state index in [9.17, 15) is 18.1 Å². The lowest BCUT2D eigenvalue weighted by molar-refractivity contribution is -0.0712. The fourth-order valence-electron chi connectivity index (χ4n) is 6.30. The van der Waals surface area contributed by atoms with Crippen LogP contribution in [0, 0.1) is 17.1 Å². The second-order valence-corrected chi connectivity index (χ2v) is 14.1. The molecule has 2 aromatic carbocycles. The van der Waals surface area contributed by atoms with Gasteiger partial charge < -0.3 is 9.47 Å². The van der Waals surface area contributed by atoms with Crippen LogP contribution in [0.3, 0.4) is 0 Å². The fourth-order valence-corrected chi connectivity index (χ4v) is 8.32. The lowest BCUT2D eigenvalue weighted by Crippen LogP contribution is -2.34. The van der Waals surface area contributed by atoms with Crippen molar-refractivity contribution < 1.29 is 22.3 Å². The SMILES string of the molecule is CC1(c2ccc(Cl)cc2F)Oc2cccc(C3CCN(Cc4nc(C#N)ccc4CC4CCCS4(=O)=O)CC3)c2O1. The Morgan fingerprint density at radius 3 is 2.66 bits per heavy atom. The van der Waals surface area contributed by atoms with Gasteiger partial charge in [0.05, 0.1) is 22.3 Å². The molecule has 3 aliphatic rings. The number of ether oxygens (including phenoxy) is 2. The van der Waals surface area contributed by atoms with Gasteiger partial charge in [-0.25, -0.2) is 17.8 Å². The minimum atomic E-state index is -3.08. The number of rotatable bonds is 6. The van der Waals surface area contributed by atoms with E-state index in [1.54, 1.807) is 25.1 Å². The second-order valence-electron chi connectivity index (χ2n) is 11.2. The van der Waals surface area contributed by atoms with Crippen molar-refractivity contribution >= 4 is 21.4 Å². The lowest BCUT2D eigenvalue weighted by Gasteiger charge is -2.33. The summed E-state index contributed by atoms with van der Waals surface area (Å²) in [5.41, 5.74) is 3.35. The third kappa shape index (κ3) is 5.53. The number of pyridine rings is 1. The number of hydrogen-bond donors (Lipinski definition) is 0. The molecule has 1 aromatic heterocycles. The lowest BCUT2D eigenvalue weighted by atomic mass is 9.88. The number of aromatic nitrogens is 1. The molecule has 0 amide bonds. The molecule has 6 rings (SSSR count). The van der Waals surface area contributed by atoms with E-state index in [4.69, 9.17) is 21.1 Å². The van der Waals surface area contributed by atoms with E-state index in [1.165, 1.54) is 6.07 Å². The van der Waals surface area contributed by atoms with Crippen LogP contribution in [0.5, 0.6) is 11.5 Å². The van der Waals surface area contributed by atoms with Crippen LogP contribution in [-0.4, -0.2) is 42.4 Å². The normalized spacial score (nSPS) is 23.9. The van der Waals surface area contributed by atoms with Gasteiger partial charge in [-0.1, -0.05) is 29.8 Å². The maximum atomic E-state index is 14.8. The number of piperidine rings is 1. The number of sulfone groups is 1. The van der Waals surface area contributed by atoms with E-state index in [0.717, 1.165) is 42.8 Å². The van der Waals surface area contributed by atoms with Crippen molar-refractivity contribution in [1.29, 1.82) is 5.26 Å². The van der Waals surface area contributed by atoms with Gasteiger partial charge in [-0.2, -0.15) is 5.26 Å². The first-order chi connectivity index (χ1) is 19.6. The zero-order chi connectivity index (χ0) is 28.8. The molecule has 2 saturated heterocycles. The summed E-state index contributed by atoms with van der Waals surface area (Å²) < 4.78 is 52.2. The van der Waals surface area contributed by atoms with Crippen molar-refractivity contribution in [3.63, 3.8) is 0 Å². The summed E-state index contributed by atoms with van der Waals surface area (Å²) in [5.74, 6) is -0.0767. The molecule has 4 heterocycles. The van der Waals surface area contributed by atoms with Crippen LogP contribution in [0.15, 0.2) is 48.5 Å². The fraction of sp³-hybridized carbons (Fsp3) is 0.419. The maximum Gasteiger partial charge on any atom is 0.278 e. The molecule has 2 atom stereocenters. The number of para-hydroxylation sites is 1. The summed E-state index contributed by atoms with van der Waals surface area (Å²) in [6, 6.07) is 16.0. The summed E-state index contributed by atoms with van der Waals surface area (Å²) in [6.45, 7) is 3.88. The van der Waals surface area contributed by atoms with Crippen LogP contribution in [0.1, 0.15) is 66.6 Å². The quantitative estimate of drug-likeness (QED) is 0.351. The average Bonchev–Trinajstić information content (AvgIpc) is 3.47. The molecule has 7 nitrogen and oxygen atoms in total. The number of hydrogen-bond acceptors (Lipinski definition) is 7. The van der Waals surface area contributed by atoms with E-state index in [0.29, 0.717) is 48.0 Å². The molecule has 3 aliphatic heterocycles. The minimum Gasteiger partial charge on any atom is -0.444 e. The molecule has 2 fully saturated rings. The summed E-state index contributed by atoms with van der Waals surface area (Å²) in [7, 11) is -3.08. The average molecular weight is 596 g/mol. The number of nitriles is 1. The highest BCUT2D eigenvalue weighted by molar-refractivity contribution is 7.92. The van der Waals surface area contributed by atoms with Gasteiger partial charge in [0, 0.05) is 24.1 Å². The van der Waals surface area contributed by atoms with Gasteiger partial charge in [-0.15, -0.1) is 0 Å². The Balaban J connectivity index is 1.16. The molecule has 0 saturated carbocycles. The predicted molar refractivity (Wildman–Crippen MR) is 153 cm³/mol. The monoisotopic (exact) mass is 595 g/mol. The van der Waals surface area contributed by atoms with E-state index in [1.807, 2.05) is 24.3 Å². The molecular weight excluding hydrogens is 565 g/mol. The van der Waals surface area contributed by atoms with Crippen molar-refractivity contribution in [3.05, 3.63) is 87.4 Å². The molecule has 41 heavy (non-hydrogen) atoms. The minimum absolute atomic E-state index is 0.226. The molecule has 2 unspecified atom stereocenters. The third-order valence-electron chi connectivity index (χ3n) is 8.53. The van der Waals surface area contributed by atoms with Gasteiger partial charge in [0.2, 0.25) is 0 Å². The van der Waals surface area contributed by atoms with Crippen LogP contribution < -0.4 is 9.47 Å². The summed E-state index contributed by atoms with van der Waals surface area (Å²) in [6.07, 6.45) is 3.55. The van der Waals surface area contributed by atoms with E-state index in [2.05, 4.69) is 16.0 Å². The Kier molecular flexibility index (Phi) is 7.43. The molecule has 0 bridgehead atoms. The van der Waals surface area contributed by atoms with Crippen LogP contribution in [-0.2, 0) is 28.6 Å². The number of fused-ring (bicyclic) bond motifs is 1. The van der Waals surface area contributed by atoms with Gasteiger partial charge in [0.15, 0.2) is 21.3 Å². The van der Waals surface area contributed by atoms with Gasteiger partial charge in [-0.05, 0) is 87.0 Å². The first kappa shape index (κ1) is 28.0. The Bertz CT molecular complexity index is 1630. The molecule has 0 spiro atoms. The summed E-state index contributed by atoms with van der Waals surface area (Å²) >= 11 is 5.95. The van der Waals surface area contributed by atoms with Gasteiger partial charge in [-0.3, -0.25) is 4.90 Å². The number of likely N-dealkylation sites (tertiary alicyclic amines) is 1. The van der Waals surface area contributed by atoms with Crippen molar-refractivity contribution in [3.8, 4) is 17.6 Å². The highest BCUT2D eigenvalue weighted by Crippen LogP contribution is 2.49. The van der Waals surface area contributed by atoms with Gasteiger partial charge in [0.1, 0.15) is 17.6 Å². The number of halogens is 2. The molecular formula is C31H31ClFN3O4S. The molecule has 214 valence electrons. The van der Waals surface area contributed by atoms with Crippen LogP contribution in [0.25, 0.3) is 0 Å². The Hall–Kier alpha value is -3.19. The Morgan fingerprint density at radius 2 is 1.95 bits per heavy atom. The van der Waals surface area contributed by atoms with E-state index < -0.39 is 21.4 Å². The van der Waals surface area contributed by atoms with Crippen LogP contribution >= 0.6 is 11.6 Å². The number of benzene rings is 2. The van der Waals surface area contributed by atoms with E-state index >= 15 is 0 Å². The standard InChI is InChI=1S/C31H31ClFN3O4S/c1-31(26-10-8-22(32)17-27(26)33)39-29-6-2-5-25(30(29)40-31)20-11-13-36(14-12-20)19-28-21(7-9-23(18-34)35-28)16-24-4-3-15-41(24,37)38/h2,5-10,17,20,24H,3-4,11-16,19H2,1H3. The predicted octanol–water partition coefficient (Wildman–Crippen LogP) is 5.89. The van der Waals surface area contributed by atoms with Crippen LogP contribution in [0.4, 0.5) is 4.39 Å². The third-order valence-corrected chi connectivity index (χ3v) is 11.0. The summed E-state index contributed by atoms with van der Waals surface area (Å²) in [5, 5.41) is 9.36. The highest BCUT2D eigenvalue weighted by atomic mass is 35.5. The molecule has 10 heteroatoms. The second kappa shape index (κ2) is 10.9. The largest absolute Gasteiger partial charge is 0.444 e. The van der Waals surface area contributed by atoms with Crippen molar-refractivity contribution in [2.45, 2.75) is 62.5 Å². The Labute approximate surface area is 244 Å². The van der Waals surface area contributed by atoms with Gasteiger partial charge in [0.25, 0.3) is 5.79 Å². The van der Waals surface area contributed by atoms with Crippen LogP contribution in [0.2, 0.25) is 5.02 Å². The summed E-state index contributed by atoms with van der Waals surface area (Å²) in [4.78, 5) is 6.89. The zero-order valence-corrected chi connectivity index (χ0v) is 24.3.